The molecule has 582 valence electrons. The summed E-state index contributed by atoms with van der Waals surface area (Å²) in [6.45, 7) is 27.3. The van der Waals surface area contributed by atoms with E-state index < -0.39 is 57.1 Å². The Morgan fingerprint density at radius 3 is 0.895 bits per heavy atom. The number of benzene rings is 7. The van der Waals surface area contributed by atoms with E-state index in [1.165, 1.54) is 74.0 Å². The van der Waals surface area contributed by atoms with Crippen LogP contribution in [0.15, 0.2) is 168 Å². The monoisotopic (exact) mass is 1560 g/mol. The van der Waals surface area contributed by atoms with E-state index in [0.717, 1.165) is 192 Å². The highest BCUT2D eigenvalue weighted by atomic mass is 32.1. The third-order valence-electron chi connectivity index (χ3n) is 22.6. The molecule has 10 nitrogen and oxygen atoms in total. The number of halogens is 4. The molecule has 0 saturated carbocycles. The van der Waals surface area contributed by atoms with E-state index in [0.29, 0.717) is 59.2 Å². The minimum absolute atomic E-state index is 0.0504. The van der Waals surface area contributed by atoms with Crippen LogP contribution < -0.4 is 18.9 Å². The van der Waals surface area contributed by atoms with E-state index in [1.54, 1.807) is 12.2 Å². The van der Waals surface area contributed by atoms with Gasteiger partial charge < -0.3 is 18.9 Å². The predicted molar refractivity (Wildman–Crippen MR) is 448 cm³/mol. The van der Waals surface area contributed by atoms with Gasteiger partial charge in [0.25, 0.3) is 11.4 Å². The van der Waals surface area contributed by atoms with E-state index in [2.05, 4.69) is 98.0 Å². The Labute approximate surface area is 675 Å². The van der Waals surface area contributed by atoms with Crippen LogP contribution in [0, 0.1) is 59.1 Å². The van der Waals surface area contributed by atoms with Crippen LogP contribution in [0.3, 0.4) is 0 Å². The number of ketones is 2. The summed E-state index contributed by atoms with van der Waals surface area (Å²) < 4.78 is 87.6. The standard InChI is InChI=1S/C98H94F4N4O6S2/c1-7-11-15-19-23-27-47-109-67-39-31-63(32-40-67)97(64-33-41-68(42-34-64)110-48-28-24-20-16-12-8-2)83-55-74-80-52-72(54-82-92(90(62-104)106-6)76-58-86(100)88(102)60-78(76)94(82)108)114-96(80)98(65-35-43-69(44-36-65)111-49-29-25-21-17-13-9-3,66-37-45-70(46-38-66)112-50-30-26-22-18-14-10-4)84(74)56-73(83)79-51-71(113-95(79)97)53-81-91(89(61-103)105-5)75-57-85(99)87(101)59-77(75)93(81)107/h31-46,51-60H,7-30,47-50H2,1-4H3/b81-53-,82-54-,91-89-,92-90+. The molecular formula is C98H94F4N4O6S2. The molecule has 4 aliphatic rings. The molecule has 0 amide bonds. The van der Waals surface area contributed by atoms with Gasteiger partial charge in [0, 0.05) is 52.9 Å². The summed E-state index contributed by atoms with van der Waals surface area (Å²) in [7, 11) is 0. The smallest absolute Gasteiger partial charge is 0.270 e. The van der Waals surface area contributed by atoms with Crippen LogP contribution in [0.1, 0.15) is 267 Å². The number of rotatable bonds is 38. The van der Waals surface area contributed by atoms with Crippen LogP contribution in [0.25, 0.3) is 55.2 Å². The summed E-state index contributed by atoms with van der Waals surface area (Å²) in [5.41, 5.74) is 4.46. The lowest BCUT2D eigenvalue weighted by molar-refractivity contribution is 0.103. The van der Waals surface area contributed by atoms with Gasteiger partial charge in [0.1, 0.15) is 23.0 Å². The van der Waals surface area contributed by atoms with Crippen molar-refractivity contribution in [2.45, 2.75) is 193 Å². The number of Topliss-reactive ketones (excluding diaryl/α,β-unsaturated/α-hetero) is 2. The van der Waals surface area contributed by atoms with E-state index in [9.17, 15) is 20.1 Å². The first kappa shape index (κ1) is 81.1. The van der Waals surface area contributed by atoms with E-state index in [-0.39, 0.29) is 44.5 Å². The largest absolute Gasteiger partial charge is 0.494 e. The molecule has 4 aliphatic carbocycles. The van der Waals surface area contributed by atoms with Gasteiger partial charge in [-0.15, -0.1) is 22.7 Å². The lowest BCUT2D eigenvalue weighted by Crippen LogP contribution is -2.29. The topological polar surface area (TPSA) is 127 Å². The fraction of sp³-hybridized carbons (Fsp3) is 0.347. The summed E-state index contributed by atoms with van der Waals surface area (Å²) in [4.78, 5) is 39.7. The number of thiophene rings is 2. The zero-order valence-corrected chi connectivity index (χ0v) is 67.0. The Bertz CT molecular complexity index is 4880. The average Bonchev–Trinajstić information content (AvgIpc) is 1.50. The Kier molecular flexibility index (Phi) is 26.6. The van der Waals surface area contributed by atoms with Crippen molar-refractivity contribution in [1.29, 1.82) is 10.5 Å². The SMILES string of the molecule is [C-]#[N+]/C(C#N)=C1\C(=C\c2cc3c(s2)C(c2ccc(OCCCCCCCC)cc2)(c2ccc(OCCCCCCCC)cc2)c2cc4c(cc2-3)C(c2ccc(OCCCCCCCC)cc2)(c2ccc(OCCCCCCCC)cc2)c2sc(/C=C3\C(=O)c5cc(F)c(F)cc5\C3=C(\C#N)[N+]#[C-])cc2-4)C(=O)c2cc(F)c(F)cc21. The fourth-order valence-corrected chi connectivity index (χ4v) is 19.6. The van der Waals surface area contributed by atoms with Gasteiger partial charge in [0.2, 0.25) is 0 Å². The first-order valence-corrected chi connectivity index (χ1v) is 42.3. The predicted octanol–water partition coefficient (Wildman–Crippen LogP) is 26.9. The maximum absolute atomic E-state index is 15.4. The number of carbonyl (C=O) groups is 2. The molecule has 0 radical (unpaired) electrons. The van der Waals surface area contributed by atoms with Gasteiger partial charge in [-0.3, -0.25) is 9.59 Å². The number of fused-ring (bicyclic) bond motifs is 8. The second kappa shape index (κ2) is 37.4. The number of ether oxygens (including phenoxy) is 4. The molecule has 16 heteroatoms. The number of carbonyl (C=O) groups excluding carboxylic acids is 2. The van der Waals surface area contributed by atoms with Crippen LogP contribution in [0.5, 0.6) is 23.0 Å². The highest BCUT2D eigenvalue weighted by molar-refractivity contribution is 7.14. The minimum Gasteiger partial charge on any atom is -0.494 e. The van der Waals surface area contributed by atoms with Gasteiger partial charge >= 0.3 is 0 Å². The van der Waals surface area contributed by atoms with Crippen molar-refractivity contribution in [3.05, 3.63) is 289 Å². The van der Waals surface area contributed by atoms with E-state index in [4.69, 9.17) is 32.1 Å². The lowest BCUT2D eigenvalue weighted by atomic mass is 9.68. The number of nitriles is 2. The molecule has 7 aromatic carbocycles. The molecule has 0 saturated heterocycles. The molecule has 0 bridgehead atoms. The van der Waals surface area contributed by atoms with Crippen LogP contribution in [-0.4, -0.2) is 38.0 Å². The van der Waals surface area contributed by atoms with Gasteiger partial charge in [-0.05, 0) is 202 Å². The van der Waals surface area contributed by atoms with Crippen molar-refractivity contribution in [2.24, 2.45) is 0 Å². The molecule has 2 heterocycles. The molecular weight excluding hydrogens is 1470 g/mol. The Morgan fingerprint density at radius 2 is 0.632 bits per heavy atom. The van der Waals surface area contributed by atoms with Crippen LogP contribution in [0.2, 0.25) is 0 Å². The van der Waals surface area contributed by atoms with Gasteiger partial charge in [0.05, 0.1) is 62.5 Å². The molecule has 2 aromatic heterocycles. The van der Waals surface area contributed by atoms with E-state index >= 15 is 17.6 Å². The molecule has 0 atom stereocenters. The zero-order chi connectivity index (χ0) is 79.9. The van der Waals surface area contributed by atoms with Crippen molar-refractivity contribution in [2.75, 3.05) is 26.4 Å². The molecule has 0 fully saturated rings. The normalized spacial score (nSPS) is 15.3. The Hall–Kier alpha value is -10.9. The maximum Gasteiger partial charge on any atom is 0.270 e. The van der Waals surface area contributed by atoms with Crippen molar-refractivity contribution < 1.29 is 46.1 Å². The molecule has 0 unspecified atom stereocenters. The summed E-state index contributed by atoms with van der Waals surface area (Å²) >= 11 is 2.84. The summed E-state index contributed by atoms with van der Waals surface area (Å²) in [6.07, 6.45) is 29.5. The van der Waals surface area contributed by atoms with Gasteiger partial charge in [-0.25, -0.2) is 37.8 Å². The van der Waals surface area contributed by atoms with Crippen LogP contribution in [-0.2, 0) is 10.8 Å². The van der Waals surface area contributed by atoms with Crippen molar-refractivity contribution in [3.8, 4) is 57.4 Å². The number of nitrogens with zero attached hydrogens (tertiary/aromatic N) is 4. The third-order valence-corrected chi connectivity index (χ3v) is 25.0. The molecule has 0 aliphatic heterocycles. The number of unbranched alkanes of at least 4 members (excludes halogenated alkanes) is 20. The van der Waals surface area contributed by atoms with Crippen molar-refractivity contribution in [1.82, 2.24) is 0 Å². The van der Waals surface area contributed by atoms with Gasteiger partial charge in [-0.1, -0.05) is 205 Å². The Balaban J connectivity index is 1.07. The zero-order valence-electron chi connectivity index (χ0n) is 65.4. The third kappa shape index (κ3) is 16.3. The quantitative estimate of drug-likeness (QED) is 0.0123. The van der Waals surface area contributed by atoms with Gasteiger partial charge in [-0.2, -0.15) is 0 Å². The summed E-state index contributed by atoms with van der Waals surface area (Å²) in [5, 5.41) is 21.1. The second-order valence-electron chi connectivity index (χ2n) is 30.1. The minimum atomic E-state index is -1.24. The fourth-order valence-electron chi connectivity index (χ4n) is 16.8. The summed E-state index contributed by atoms with van der Waals surface area (Å²) in [5.74, 6) is -3.53. The summed E-state index contributed by atoms with van der Waals surface area (Å²) in [6, 6.07) is 48.8. The van der Waals surface area contributed by atoms with Crippen LogP contribution >= 0.6 is 22.7 Å². The first-order valence-electron chi connectivity index (χ1n) is 40.7. The maximum atomic E-state index is 15.4. The van der Waals surface area contributed by atoms with Crippen molar-refractivity contribution in [3.63, 3.8) is 0 Å². The lowest BCUT2D eigenvalue weighted by Gasteiger charge is -2.35. The Morgan fingerprint density at radius 1 is 0.368 bits per heavy atom. The van der Waals surface area contributed by atoms with Gasteiger partial charge in [0.15, 0.2) is 34.8 Å². The molecule has 114 heavy (non-hydrogen) atoms. The second-order valence-corrected chi connectivity index (χ2v) is 32.2. The van der Waals surface area contributed by atoms with Crippen LogP contribution in [0.4, 0.5) is 17.6 Å². The highest BCUT2D eigenvalue weighted by Crippen LogP contribution is 2.66. The number of allylic oxidation sites excluding steroid dienone is 6. The molecule has 13 rings (SSSR count). The molecule has 0 spiro atoms. The average molecular weight is 1560 g/mol. The van der Waals surface area contributed by atoms with E-state index in [1.807, 2.05) is 72.8 Å². The van der Waals surface area contributed by atoms with Crippen molar-refractivity contribution >= 4 is 57.5 Å². The molecule has 0 N–H and O–H groups in total. The highest BCUT2D eigenvalue weighted by Gasteiger charge is 2.54. The first-order chi connectivity index (χ1) is 55.7. The number of hydrogen-bond acceptors (Lipinski definition) is 10. The number of hydrogen-bond donors (Lipinski definition) is 0. The molecule has 9 aromatic rings.